The fourth-order valence-electron chi connectivity index (χ4n) is 2.88. The number of esters is 1. The van der Waals surface area contributed by atoms with E-state index in [1.54, 1.807) is 32.5 Å². The number of carbonyl (C=O) groups excluding carboxylic acids is 1. The van der Waals surface area contributed by atoms with Crippen LogP contribution in [0.5, 0.6) is 5.75 Å². The molecule has 0 amide bonds. The van der Waals surface area contributed by atoms with Gasteiger partial charge in [0, 0.05) is 28.2 Å². The molecule has 4 rings (SSSR count). The predicted molar refractivity (Wildman–Crippen MR) is 98.8 cm³/mol. The Kier molecular flexibility index (Phi) is 4.28. The van der Waals surface area contributed by atoms with Gasteiger partial charge in [-0.25, -0.2) is 4.79 Å². The first-order valence-corrected chi connectivity index (χ1v) is 8.48. The van der Waals surface area contributed by atoms with Gasteiger partial charge in [-0.2, -0.15) is 10.1 Å². The maximum atomic E-state index is 11.9. The van der Waals surface area contributed by atoms with Gasteiger partial charge in [0.15, 0.2) is 5.82 Å². The molecule has 0 saturated heterocycles. The third-order valence-electron chi connectivity index (χ3n) is 4.04. The molecule has 4 aromatic rings. The zero-order valence-electron chi connectivity index (χ0n) is 14.5. The number of aromatic nitrogens is 6. The first kappa shape index (κ1) is 17.1. The smallest absolute Gasteiger partial charge is 0.378 e. The lowest BCUT2D eigenvalue weighted by Crippen LogP contribution is -2.06. The number of carbonyl (C=O) groups is 1. The van der Waals surface area contributed by atoms with E-state index < -0.39 is 5.97 Å². The highest BCUT2D eigenvalue weighted by atomic mass is 35.5. The second-order valence-electron chi connectivity index (χ2n) is 5.62. The summed E-state index contributed by atoms with van der Waals surface area (Å²) >= 11 is 6.26. The van der Waals surface area contributed by atoms with Gasteiger partial charge < -0.3 is 14.5 Å². The molecule has 0 aliphatic carbocycles. The number of fused-ring (bicyclic) bond motifs is 1. The monoisotopic (exact) mass is 386 g/mol. The van der Waals surface area contributed by atoms with Gasteiger partial charge in [0.05, 0.1) is 30.6 Å². The van der Waals surface area contributed by atoms with Crippen molar-refractivity contribution in [1.82, 2.24) is 30.4 Å². The van der Waals surface area contributed by atoms with Crippen LogP contribution < -0.4 is 4.74 Å². The van der Waals surface area contributed by atoms with Crippen LogP contribution >= 0.6 is 11.6 Å². The van der Waals surface area contributed by atoms with Crippen molar-refractivity contribution in [2.75, 3.05) is 13.7 Å². The van der Waals surface area contributed by atoms with Crippen molar-refractivity contribution in [1.29, 1.82) is 0 Å². The summed E-state index contributed by atoms with van der Waals surface area (Å²) in [5.74, 6) is 0.301. The summed E-state index contributed by atoms with van der Waals surface area (Å²) in [5.41, 5.74) is 3.06. The van der Waals surface area contributed by atoms with Crippen molar-refractivity contribution < 1.29 is 14.3 Å². The van der Waals surface area contributed by atoms with Crippen LogP contribution in [0, 0.1) is 0 Å². The number of hydrogen-bond donors (Lipinski definition) is 3. The SMILES string of the molecule is CCOC(=O)c1n[nH]c(-c2[nH]c3cc(Cl)c(OC)cc3c2-c2cn[nH]c2)n1. The van der Waals surface area contributed by atoms with Gasteiger partial charge in [-0.1, -0.05) is 11.6 Å². The molecular weight excluding hydrogens is 372 g/mol. The summed E-state index contributed by atoms with van der Waals surface area (Å²) in [7, 11) is 1.56. The van der Waals surface area contributed by atoms with E-state index in [4.69, 9.17) is 21.1 Å². The Bertz CT molecular complexity index is 1120. The molecule has 9 nitrogen and oxygen atoms in total. The minimum Gasteiger partial charge on any atom is -0.495 e. The van der Waals surface area contributed by atoms with Crippen molar-refractivity contribution in [2.24, 2.45) is 0 Å². The van der Waals surface area contributed by atoms with Crippen LogP contribution in [0.25, 0.3) is 33.5 Å². The maximum Gasteiger partial charge on any atom is 0.378 e. The van der Waals surface area contributed by atoms with E-state index >= 15 is 0 Å². The summed E-state index contributed by atoms with van der Waals surface area (Å²) in [5, 5.41) is 14.9. The van der Waals surface area contributed by atoms with Crippen molar-refractivity contribution in [2.45, 2.75) is 6.92 Å². The largest absolute Gasteiger partial charge is 0.495 e. The highest BCUT2D eigenvalue weighted by Gasteiger charge is 2.22. The van der Waals surface area contributed by atoms with Crippen LogP contribution in [-0.2, 0) is 4.74 Å². The number of ether oxygens (including phenoxy) is 2. The summed E-state index contributed by atoms with van der Waals surface area (Å²) in [6.07, 6.45) is 3.45. The first-order chi connectivity index (χ1) is 13.1. The molecule has 0 atom stereocenters. The van der Waals surface area contributed by atoms with Gasteiger partial charge in [0.1, 0.15) is 5.75 Å². The second-order valence-corrected chi connectivity index (χ2v) is 6.03. The minimum absolute atomic E-state index is 0.0423. The Hall–Kier alpha value is -3.33. The molecule has 0 spiro atoms. The van der Waals surface area contributed by atoms with Crippen molar-refractivity contribution in [3.8, 4) is 28.4 Å². The molecule has 0 fully saturated rings. The van der Waals surface area contributed by atoms with Gasteiger partial charge in [0.25, 0.3) is 5.82 Å². The molecule has 138 valence electrons. The quantitative estimate of drug-likeness (QED) is 0.453. The van der Waals surface area contributed by atoms with Gasteiger partial charge in [0.2, 0.25) is 0 Å². The Morgan fingerprint density at radius 2 is 2.19 bits per heavy atom. The number of halogens is 1. The van der Waals surface area contributed by atoms with Crippen LogP contribution in [0.3, 0.4) is 0 Å². The van der Waals surface area contributed by atoms with Gasteiger partial charge in [-0.05, 0) is 19.1 Å². The van der Waals surface area contributed by atoms with Gasteiger partial charge in [-0.3, -0.25) is 10.2 Å². The highest BCUT2D eigenvalue weighted by molar-refractivity contribution is 6.33. The number of nitrogens with one attached hydrogen (secondary N) is 3. The zero-order valence-corrected chi connectivity index (χ0v) is 15.2. The Morgan fingerprint density at radius 3 is 2.89 bits per heavy atom. The van der Waals surface area contributed by atoms with E-state index in [-0.39, 0.29) is 12.4 Å². The molecule has 3 N–H and O–H groups in total. The third-order valence-corrected chi connectivity index (χ3v) is 4.33. The van der Waals surface area contributed by atoms with E-state index in [1.165, 1.54) is 0 Å². The van der Waals surface area contributed by atoms with Crippen LogP contribution in [-0.4, -0.2) is 50.0 Å². The molecule has 10 heteroatoms. The Balaban J connectivity index is 1.92. The van der Waals surface area contributed by atoms with Gasteiger partial charge >= 0.3 is 5.97 Å². The number of methoxy groups -OCH3 is 1. The normalized spacial score (nSPS) is 11.1. The standard InChI is InChI=1S/C17H15ClN6O3/c1-3-27-17(25)16-22-15(23-24-16)14-13(8-6-19-20-7-8)9-4-12(26-2)10(18)5-11(9)21-14/h4-7,21H,3H2,1-2H3,(H,19,20)(H,22,23,24). The second kappa shape index (κ2) is 6.76. The molecule has 27 heavy (non-hydrogen) atoms. The summed E-state index contributed by atoms with van der Waals surface area (Å²) in [6, 6.07) is 3.61. The number of nitrogens with zero attached hydrogens (tertiary/aromatic N) is 3. The summed E-state index contributed by atoms with van der Waals surface area (Å²) in [4.78, 5) is 19.4. The molecule has 0 bridgehead atoms. The Morgan fingerprint density at radius 1 is 1.33 bits per heavy atom. The molecule has 3 aromatic heterocycles. The number of benzene rings is 1. The van der Waals surface area contributed by atoms with Crippen molar-refractivity contribution in [3.63, 3.8) is 0 Å². The van der Waals surface area contributed by atoms with E-state index in [0.29, 0.717) is 22.3 Å². The molecule has 0 radical (unpaired) electrons. The van der Waals surface area contributed by atoms with E-state index in [2.05, 4.69) is 30.4 Å². The molecular formula is C17H15ClN6O3. The average molecular weight is 387 g/mol. The lowest BCUT2D eigenvalue weighted by atomic mass is 10.0. The lowest BCUT2D eigenvalue weighted by molar-refractivity contribution is 0.0512. The van der Waals surface area contributed by atoms with Gasteiger partial charge in [-0.15, -0.1) is 5.10 Å². The lowest BCUT2D eigenvalue weighted by Gasteiger charge is -2.04. The Labute approximate surface area is 158 Å². The van der Waals surface area contributed by atoms with E-state index in [1.807, 2.05) is 6.07 Å². The molecule has 1 aromatic carbocycles. The molecule has 0 unspecified atom stereocenters. The van der Waals surface area contributed by atoms with E-state index in [9.17, 15) is 4.79 Å². The topological polar surface area (TPSA) is 122 Å². The third kappa shape index (κ3) is 2.91. The molecule has 3 heterocycles. The van der Waals surface area contributed by atoms with Crippen molar-refractivity contribution in [3.05, 3.63) is 35.4 Å². The highest BCUT2D eigenvalue weighted by Crippen LogP contribution is 2.40. The molecule has 0 aliphatic rings. The first-order valence-electron chi connectivity index (χ1n) is 8.10. The molecule has 0 aliphatic heterocycles. The predicted octanol–water partition coefficient (Wildman–Crippen LogP) is 3.18. The summed E-state index contributed by atoms with van der Waals surface area (Å²) < 4.78 is 10.3. The number of rotatable bonds is 5. The number of hydrogen-bond acceptors (Lipinski definition) is 6. The fourth-order valence-corrected chi connectivity index (χ4v) is 3.12. The van der Waals surface area contributed by atoms with Crippen LogP contribution in [0.4, 0.5) is 0 Å². The zero-order chi connectivity index (χ0) is 19.0. The fraction of sp³-hybridized carbons (Fsp3) is 0.176. The van der Waals surface area contributed by atoms with Crippen LogP contribution in [0.15, 0.2) is 24.5 Å². The van der Waals surface area contributed by atoms with Crippen LogP contribution in [0.2, 0.25) is 5.02 Å². The van der Waals surface area contributed by atoms with Crippen LogP contribution in [0.1, 0.15) is 17.5 Å². The van der Waals surface area contributed by atoms with Crippen molar-refractivity contribution >= 4 is 28.5 Å². The van der Waals surface area contributed by atoms with E-state index in [0.717, 1.165) is 22.0 Å². The number of aromatic amines is 3. The number of H-pyrrole nitrogens is 3. The minimum atomic E-state index is -0.592. The maximum absolute atomic E-state index is 11.9. The average Bonchev–Trinajstić information content (AvgIpc) is 3.39. The summed E-state index contributed by atoms with van der Waals surface area (Å²) in [6.45, 7) is 1.96. The molecule has 0 saturated carbocycles.